The maximum atomic E-state index is 9.69. The van der Waals surface area contributed by atoms with Crippen molar-refractivity contribution in [2.24, 2.45) is 0 Å². The molecule has 0 aliphatic rings. The lowest BCUT2D eigenvalue weighted by Crippen LogP contribution is -2.00. The van der Waals surface area contributed by atoms with Gasteiger partial charge in [0.1, 0.15) is 5.75 Å². The molecule has 0 bridgehead atoms. The van der Waals surface area contributed by atoms with Gasteiger partial charge < -0.3 is 10.4 Å². The topological polar surface area (TPSA) is 32.3 Å². The van der Waals surface area contributed by atoms with E-state index in [1.54, 1.807) is 18.2 Å². The molecule has 2 aromatic rings. The highest BCUT2D eigenvalue weighted by molar-refractivity contribution is 14.1. The fraction of sp³-hybridized carbons (Fsp3) is 0.0769. The Morgan fingerprint density at radius 2 is 1.82 bits per heavy atom. The number of nitrogens with one attached hydrogen (secondary N) is 1. The van der Waals surface area contributed by atoms with Crippen LogP contribution in [0.2, 0.25) is 5.02 Å². The fourth-order valence-corrected chi connectivity index (χ4v) is 2.08. The quantitative estimate of drug-likeness (QED) is 0.803. The minimum absolute atomic E-state index is 0.218. The van der Waals surface area contributed by atoms with Crippen molar-refractivity contribution in [2.45, 2.75) is 6.54 Å². The lowest BCUT2D eigenvalue weighted by Gasteiger charge is -2.09. The van der Waals surface area contributed by atoms with Crippen molar-refractivity contribution < 1.29 is 5.11 Å². The van der Waals surface area contributed by atoms with Crippen molar-refractivity contribution in [3.8, 4) is 5.75 Å². The molecule has 2 N–H and O–H groups in total. The van der Waals surface area contributed by atoms with Gasteiger partial charge in [0.2, 0.25) is 0 Å². The lowest BCUT2D eigenvalue weighted by molar-refractivity contribution is 0.469. The standard InChI is InChI=1S/C13H11ClINO/c14-12-2-1-3-13(17)11(12)8-16-10-6-4-9(15)5-7-10/h1-7,16-17H,8H2. The summed E-state index contributed by atoms with van der Waals surface area (Å²) in [5.74, 6) is 0.218. The van der Waals surface area contributed by atoms with Gasteiger partial charge in [-0.1, -0.05) is 17.7 Å². The normalized spacial score (nSPS) is 10.2. The third-order valence-electron chi connectivity index (χ3n) is 2.41. The number of rotatable bonds is 3. The molecule has 0 fully saturated rings. The maximum Gasteiger partial charge on any atom is 0.122 e. The molecule has 0 saturated heterocycles. The third kappa shape index (κ3) is 3.26. The van der Waals surface area contributed by atoms with Gasteiger partial charge in [-0.15, -0.1) is 0 Å². The van der Waals surface area contributed by atoms with Crippen LogP contribution in [-0.2, 0) is 6.54 Å². The molecule has 0 heterocycles. The van der Waals surface area contributed by atoms with Gasteiger partial charge >= 0.3 is 0 Å². The number of phenolic OH excluding ortho intramolecular Hbond substituents is 1. The van der Waals surface area contributed by atoms with Gasteiger partial charge in [-0.25, -0.2) is 0 Å². The summed E-state index contributed by atoms with van der Waals surface area (Å²) in [5, 5.41) is 13.5. The molecule has 0 atom stereocenters. The van der Waals surface area contributed by atoms with Crippen LogP contribution in [0.4, 0.5) is 5.69 Å². The number of halogens is 2. The SMILES string of the molecule is Oc1cccc(Cl)c1CNc1ccc(I)cc1. The lowest BCUT2D eigenvalue weighted by atomic mass is 10.2. The molecule has 2 nitrogen and oxygen atoms in total. The molecule has 0 saturated carbocycles. The Morgan fingerprint density at radius 1 is 1.12 bits per heavy atom. The first-order valence-corrected chi connectivity index (χ1v) is 6.58. The molecule has 4 heteroatoms. The van der Waals surface area contributed by atoms with Crippen molar-refractivity contribution in [3.05, 3.63) is 56.6 Å². The molecule has 2 aromatic carbocycles. The van der Waals surface area contributed by atoms with E-state index in [4.69, 9.17) is 11.6 Å². The van der Waals surface area contributed by atoms with E-state index in [1.807, 2.05) is 24.3 Å². The van der Waals surface area contributed by atoms with Crippen molar-refractivity contribution in [3.63, 3.8) is 0 Å². The van der Waals surface area contributed by atoms with Gasteiger partial charge in [0.25, 0.3) is 0 Å². The van der Waals surface area contributed by atoms with Crippen LogP contribution in [0.15, 0.2) is 42.5 Å². The van der Waals surface area contributed by atoms with Crippen molar-refractivity contribution in [1.29, 1.82) is 0 Å². The molecule has 0 aromatic heterocycles. The highest BCUT2D eigenvalue weighted by Gasteiger charge is 2.05. The smallest absolute Gasteiger partial charge is 0.122 e. The third-order valence-corrected chi connectivity index (χ3v) is 3.48. The summed E-state index contributed by atoms with van der Waals surface area (Å²) >= 11 is 8.28. The first-order chi connectivity index (χ1) is 8.16. The number of hydrogen-bond acceptors (Lipinski definition) is 2. The number of benzene rings is 2. The Kier molecular flexibility index (Phi) is 4.12. The monoisotopic (exact) mass is 359 g/mol. The second kappa shape index (κ2) is 5.60. The van der Waals surface area contributed by atoms with Gasteiger partial charge in [0.05, 0.1) is 0 Å². The van der Waals surface area contributed by atoms with Crippen LogP contribution < -0.4 is 5.32 Å². The highest BCUT2D eigenvalue weighted by Crippen LogP contribution is 2.26. The van der Waals surface area contributed by atoms with Gasteiger partial charge in [0, 0.05) is 26.4 Å². The molecule has 0 aliphatic heterocycles. The zero-order valence-electron chi connectivity index (χ0n) is 8.95. The van der Waals surface area contributed by atoms with E-state index in [-0.39, 0.29) is 5.75 Å². The summed E-state index contributed by atoms with van der Waals surface area (Å²) in [4.78, 5) is 0. The van der Waals surface area contributed by atoms with Gasteiger partial charge in [-0.3, -0.25) is 0 Å². The van der Waals surface area contributed by atoms with E-state index in [9.17, 15) is 5.11 Å². The predicted octanol–water partition coefficient (Wildman–Crippen LogP) is 4.26. The number of aromatic hydroxyl groups is 1. The summed E-state index contributed by atoms with van der Waals surface area (Å²) in [6.45, 7) is 0.506. The van der Waals surface area contributed by atoms with Crippen LogP contribution in [0, 0.1) is 3.57 Å². The first-order valence-electron chi connectivity index (χ1n) is 5.12. The van der Waals surface area contributed by atoms with Crippen LogP contribution in [0.3, 0.4) is 0 Å². The molecule has 0 unspecified atom stereocenters. The summed E-state index contributed by atoms with van der Waals surface area (Å²) in [7, 11) is 0. The molecule has 17 heavy (non-hydrogen) atoms. The van der Waals surface area contributed by atoms with E-state index in [0.717, 1.165) is 5.69 Å². The molecular formula is C13H11ClINO. The molecule has 2 rings (SSSR count). The maximum absolute atomic E-state index is 9.69. The van der Waals surface area contributed by atoms with Crippen molar-refractivity contribution in [1.82, 2.24) is 0 Å². The first kappa shape index (κ1) is 12.5. The largest absolute Gasteiger partial charge is 0.508 e. The van der Waals surface area contributed by atoms with Crippen LogP contribution in [0.5, 0.6) is 5.75 Å². The molecular weight excluding hydrogens is 349 g/mol. The fourth-order valence-electron chi connectivity index (χ4n) is 1.48. The minimum atomic E-state index is 0.218. The minimum Gasteiger partial charge on any atom is -0.508 e. The Balaban J connectivity index is 2.10. The average molecular weight is 360 g/mol. The zero-order valence-corrected chi connectivity index (χ0v) is 11.9. The molecule has 0 radical (unpaired) electrons. The Hall–Kier alpha value is -0.940. The Labute approximate surface area is 119 Å². The van der Waals surface area contributed by atoms with Crippen LogP contribution in [0.1, 0.15) is 5.56 Å². The summed E-state index contributed by atoms with van der Waals surface area (Å²) in [6.07, 6.45) is 0. The summed E-state index contributed by atoms with van der Waals surface area (Å²) < 4.78 is 1.19. The van der Waals surface area contributed by atoms with Crippen LogP contribution in [0.25, 0.3) is 0 Å². The van der Waals surface area contributed by atoms with E-state index in [1.165, 1.54) is 3.57 Å². The average Bonchev–Trinajstić information content (AvgIpc) is 2.31. The Bertz CT molecular complexity index is 493. The van der Waals surface area contributed by atoms with E-state index < -0.39 is 0 Å². The van der Waals surface area contributed by atoms with Crippen molar-refractivity contribution in [2.75, 3.05) is 5.32 Å². The Morgan fingerprint density at radius 3 is 2.47 bits per heavy atom. The molecule has 0 aliphatic carbocycles. The van der Waals surface area contributed by atoms with Gasteiger partial charge in [-0.2, -0.15) is 0 Å². The second-order valence-electron chi connectivity index (χ2n) is 3.60. The van der Waals surface area contributed by atoms with E-state index >= 15 is 0 Å². The van der Waals surface area contributed by atoms with Gasteiger partial charge in [-0.05, 0) is 59.0 Å². The van der Waals surface area contributed by atoms with E-state index in [2.05, 4.69) is 27.9 Å². The highest BCUT2D eigenvalue weighted by atomic mass is 127. The predicted molar refractivity (Wildman–Crippen MR) is 79.6 cm³/mol. The summed E-state index contributed by atoms with van der Waals surface area (Å²) in [5.41, 5.74) is 1.72. The zero-order chi connectivity index (χ0) is 12.3. The van der Waals surface area contributed by atoms with E-state index in [0.29, 0.717) is 17.1 Å². The van der Waals surface area contributed by atoms with Crippen LogP contribution in [-0.4, -0.2) is 5.11 Å². The van der Waals surface area contributed by atoms with Crippen LogP contribution >= 0.6 is 34.2 Å². The number of phenols is 1. The van der Waals surface area contributed by atoms with Gasteiger partial charge in [0.15, 0.2) is 0 Å². The second-order valence-corrected chi connectivity index (χ2v) is 5.25. The summed E-state index contributed by atoms with van der Waals surface area (Å²) in [6, 6.07) is 13.2. The molecule has 0 amide bonds. The number of hydrogen-bond donors (Lipinski definition) is 2. The number of anilines is 1. The van der Waals surface area contributed by atoms with Crippen molar-refractivity contribution >= 4 is 39.9 Å². The molecule has 0 spiro atoms. The molecule has 88 valence electrons.